The van der Waals surface area contributed by atoms with Crippen LogP contribution in [0.1, 0.15) is 17.5 Å². The lowest BCUT2D eigenvalue weighted by Gasteiger charge is -2.36. The molecule has 10 heteroatoms. The molecular formula is C24H22ClF2N3O3S. The van der Waals surface area contributed by atoms with Crippen LogP contribution >= 0.6 is 11.6 Å². The summed E-state index contributed by atoms with van der Waals surface area (Å²) in [4.78, 5) is 16.2. The molecule has 3 aromatic rings. The number of benzene rings is 3. The van der Waals surface area contributed by atoms with Gasteiger partial charge >= 0.3 is 6.03 Å². The molecular weight excluding hydrogens is 484 g/mol. The van der Waals surface area contributed by atoms with Crippen molar-refractivity contribution in [2.24, 2.45) is 0 Å². The third kappa shape index (κ3) is 5.15. The Kier molecular flexibility index (Phi) is 6.77. The molecule has 0 unspecified atom stereocenters. The Labute approximate surface area is 201 Å². The van der Waals surface area contributed by atoms with Crippen molar-refractivity contribution in [1.82, 2.24) is 4.90 Å². The highest BCUT2D eigenvalue weighted by atomic mass is 35.5. The van der Waals surface area contributed by atoms with Gasteiger partial charge < -0.3 is 4.90 Å². The van der Waals surface area contributed by atoms with Gasteiger partial charge in [-0.25, -0.2) is 22.0 Å². The van der Waals surface area contributed by atoms with Gasteiger partial charge in [-0.2, -0.15) is 0 Å². The van der Waals surface area contributed by atoms with Crippen LogP contribution in [0.25, 0.3) is 0 Å². The Morgan fingerprint density at radius 1 is 1.03 bits per heavy atom. The largest absolute Gasteiger partial charge is 0.324 e. The van der Waals surface area contributed by atoms with Crippen molar-refractivity contribution >= 4 is 39.0 Å². The molecule has 4 rings (SSSR count). The molecule has 34 heavy (non-hydrogen) atoms. The van der Waals surface area contributed by atoms with E-state index in [9.17, 15) is 22.0 Å². The molecule has 0 saturated carbocycles. The first-order valence-electron chi connectivity index (χ1n) is 10.5. The topological polar surface area (TPSA) is 69.7 Å². The minimum Gasteiger partial charge on any atom is -0.320 e. The summed E-state index contributed by atoms with van der Waals surface area (Å²) in [5.41, 5.74) is 1.61. The van der Waals surface area contributed by atoms with Crippen LogP contribution in [0.2, 0.25) is 5.02 Å². The summed E-state index contributed by atoms with van der Waals surface area (Å²) < 4.78 is 56.0. The molecule has 1 N–H and O–H groups in total. The first-order chi connectivity index (χ1) is 16.1. The van der Waals surface area contributed by atoms with Crippen molar-refractivity contribution in [2.45, 2.75) is 24.8 Å². The second kappa shape index (κ2) is 9.60. The molecule has 0 spiro atoms. The number of carbonyl (C=O) groups is 1. The fourth-order valence-corrected chi connectivity index (χ4v) is 5.18. The van der Waals surface area contributed by atoms with Crippen LogP contribution in [-0.2, 0) is 16.6 Å². The van der Waals surface area contributed by atoms with E-state index >= 15 is 0 Å². The molecule has 0 aliphatic carbocycles. The smallest absolute Gasteiger partial charge is 0.320 e. The van der Waals surface area contributed by atoms with Crippen LogP contribution in [0.15, 0.2) is 65.6 Å². The molecule has 0 bridgehead atoms. The van der Waals surface area contributed by atoms with Gasteiger partial charge in [0.1, 0.15) is 11.6 Å². The molecule has 1 fully saturated rings. The van der Waals surface area contributed by atoms with Crippen molar-refractivity contribution in [1.29, 1.82) is 0 Å². The van der Waals surface area contributed by atoms with Gasteiger partial charge in [0.25, 0.3) is 10.0 Å². The molecule has 1 heterocycles. The highest BCUT2D eigenvalue weighted by molar-refractivity contribution is 7.92. The minimum absolute atomic E-state index is 0.00848. The van der Waals surface area contributed by atoms with Crippen LogP contribution in [0, 0.1) is 18.6 Å². The van der Waals surface area contributed by atoms with E-state index in [2.05, 4.69) is 4.72 Å². The van der Waals surface area contributed by atoms with E-state index in [1.807, 2.05) is 6.92 Å². The van der Waals surface area contributed by atoms with Crippen LogP contribution in [0.3, 0.4) is 0 Å². The SMILES string of the molecule is Cc1ccc(N2CCCN(Cc3ccc(F)cc3F)C2=O)c(NS(=O)(=O)c2cccc(Cl)c2)c1. The van der Waals surface area contributed by atoms with Gasteiger partial charge in [0.2, 0.25) is 0 Å². The number of nitrogens with one attached hydrogen (secondary N) is 1. The third-order valence-electron chi connectivity index (χ3n) is 5.48. The quantitative estimate of drug-likeness (QED) is 0.477. The summed E-state index contributed by atoms with van der Waals surface area (Å²) in [7, 11) is -3.97. The summed E-state index contributed by atoms with van der Waals surface area (Å²) in [6.45, 7) is 2.53. The monoisotopic (exact) mass is 505 g/mol. The van der Waals surface area contributed by atoms with Crippen LogP contribution in [0.4, 0.5) is 25.0 Å². The first kappa shape index (κ1) is 24.0. The summed E-state index contributed by atoms with van der Waals surface area (Å²) in [6.07, 6.45) is 0.586. The number of amides is 2. The molecule has 1 saturated heterocycles. The van der Waals surface area contributed by atoms with Crippen LogP contribution < -0.4 is 9.62 Å². The maximum Gasteiger partial charge on any atom is 0.324 e. The molecule has 3 aromatic carbocycles. The Morgan fingerprint density at radius 2 is 1.82 bits per heavy atom. The predicted molar refractivity (Wildman–Crippen MR) is 128 cm³/mol. The highest BCUT2D eigenvalue weighted by Gasteiger charge is 2.30. The van der Waals surface area contributed by atoms with E-state index in [0.29, 0.717) is 25.2 Å². The fraction of sp³-hybridized carbons (Fsp3) is 0.208. The Hall–Kier alpha value is -3.17. The van der Waals surface area contributed by atoms with Gasteiger partial charge in [-0.05, 0) is 55.3 Å². The molecule has 1 aliphatic rings. The average molecular weight is 506 g/mol. The van der Waals surface area contributed by atoms with Crippen LogP contribution in [0.5, 0.6) is 0 Å². The van der Waals surface area contributed by atoms with E-state index in [4.69, 9.17) is 11.6 Å². The summed E-state index contributed by atoms with van der Waals surface area (Å²) in [5, 5.41) is 0.280. The Bertz CT molecular complexity index is 1350. The number of anilines is 2. The summed E-state index contributed by atoms with van der Waals surface area (Å²) >= 11 is 5.96. The lowest BCUT2D eigenvalue weighted by atomic mass is 10.1. The Balaban J connectivity index is 1.63. The number of aryl methyl sites for hydroxylation is 1. The second-order valence-electron chi connectivity index (χ2n) is 8.03. The molecule has 2 amide bonds. The van der Waals surface area contributed by atoms with Crippen molar-refractivity contribution in [3.63, 3.8) is 0 Å². The summed E-state index contributed by atoms with van der Waals surface area (Å²) in [5.74, 6) is -1.42. The summed E-state index contributed by atoms with van der Waals surface area (Å²) in [6, 6.07) is 13.8. The van der Waals surface area contributed by atoms with E-state index in [0.717, 1.165) is 17.7 Å². The number of hydrogen-bond acceptors (Lipinski definition) is 3. The van der Waals surface area contributed by atoms with E-state index in [-0.39, 0.29) is 27.7 Å². The zero-order valence-corrected chi connectivity index (χ0v) is 19.8. The van der Waals surface area contributed by atoms with Gasteiger partial charge in [-0.3, -0.25) is 9.62 Å². The molecule has 0 aromatic heterocycles. The van der Waals surface area contributed by atoms with Crippen molar-refractivity contribution in [3.05, 3.63) is 88.4 Å². The number of carbonyl (C=O) groups excluding carboxylic acids is 1. The Morgan fingerprint density at radius 3 is 2.56 bits per heavy atom. The van der Waals surface area contributed by atoms with Crippen molar-refractivity contribution in [3.8, 4) is 0 Å². The maximum atomic E-state index is 14.2. The maximum absolute atomic E-state index is 14.2. The highest BCUT2D eigenvalue weighted by Crippen LogP contribution is 2.32. The molecule has 0 atom stereocenters. The number of rotatable bonds is 6. The van der Waals surface area contributed by atoms with Gasteiger partial charge in [-0.1, -0.05) is 29.8 Å². The molecule has 6 nitrogen and oxygen atoms in total. The zero-order valence-electron chi connectivity index (χ0n) is 18.3. The number of urea groups is 1. The lowest BCUT2D eigenvalue weighted by Crippen LogP contribution is -2.49. The molecule has 0 radical (unpaired) electrons. The number of hydrogen-bond donors (Lipinski definition) is 1. The second-order valence-corrected chi connectivity index (χ2v) is 10.1. The number of nitrogens with zero attached hydrogens (tertiary/aromatic N) is 2. The van der Waals surface area contributed by atoms with Crippen molar-refractivity contribution in [2.75, 3.05) is 22.7 Å². The lowest BCUT2D eigenvalue weighted by molar-refractivity contribution is 0.192. The molecule has 1 aliphatic heterocycles. The standard InChI is InChI=1S/C24H22ClF2N3O3S/c1-16-6-9-23(22(12-16)28-34(32,33)20-5-2-4-18(25)13-20)30-11-3-10-29(24(30)31)15-17-7-8-19(26)14-21(17)27/h2,4-9,12-14,28H,3,10-11,15H2,1H3. The van der Waals surface area contributed by atoms with Gasteiger partial charge in [0, 0.05) is 29.7 Å². The van der Waals surface area contributed by atoms with E-state index < -0.39 is 27.7 Å². The van der Waals surface area contributed by atoms with E-state index in [1.54, 1.807) is 24.3 Å². The number of sulfonamides is 1. The van der Waals surface area contributed by atoms with Crippen molar-refractivity contribution < 1.29 is 22.0 Å². The van der Waals surface area contributed by atoms with Gasteiger partial charge in [0.15, 0.2) is 0 Å². The third-order valence-corrected chi connectivity index (χ3v) is 7.08. The van der Waals surface area contributed by atoms with Crippen LogP contribution in [-0.4, -0.2) is 32.4 Å². The number of halogens is 3. The van der Waals surface area contributed by atoms with E-state index in [1.165, 1.54) is 34.1 Å². The van der Waals surface area contributed by atoms with Gasteiger partial charge in [-0.15, -0.1) is 0 Å². The zero-order chi connectivity index (χ0) is 24.5. The fourth-order valence-electron chi connectivity index (χ4n) is 3.81. The molecule has 178 valence electrons. The average Bonchev–Trinajstić information content (AvgIpc) is 2.77. The van der Waals surface area contributed by atoms with Gasteiger partial charge in [0.05, 0.1) is 22.8 Å². The normalized spacial score (nSPS) is 14.4. The predicted octanol–water partition coefficient (Wildman–Crippen LogP) is 5.56. The minimum atomic E-state index is -3.97. The first-order valence-corrected chi connectivity index (χ1v) is 12.4.